The van der Waals surface area contributed by atoms with E-state index in [1.807, 2.05) is 13.0 Å². The molecule has 108 valence electrons. The summed E-state index contributed by atoms with van der Waals surface area (Å²) in [5, 5.41) is 9.08. The van der Waals surface area contributed by atoms with Crippen LogP contribution in [-0.4, -0.2) is 21.0 Å². The van der Waals surface area contributed by atoms with Gasteiger partial charge in [0, 0.05) is 17.5 Å². The molecule has 1 unspecified atom stereocenters. The topological polar surface area (TPSA) is 63.1 Å². The number of aromatic nitrogens is 2. The fourth-order valence-electron chi connectivity index (χ4n) is 2.72. The Morgan fingerprint density at radius 1 is 1.38 bits per heavy atom. The first kappa shape index (κ1) is 13.7. The molecule has 0 amide bonds. The van der Waals surface area contributed by atoms with Crippen molar-refractivity contribution in [2.24, 2.45) is 5.92 Å². The third-order valence-electron chi connectivity index (χ3n) is 3.80. The summed E-state index contributed by atoms with van der Waals surface area (Å²) in [6.45, 7) is 1.82. The van der Waals surface area contributed by atoms with Crippen molar-refractivity contribution in [2.75, 3.05) is 0 Å². The van der Waals surface area contributed by atoms with Gasteiger partial charge in [-0.15, -0.1) is 0 Å². The van der Waals surface area contributed by atoms with Gasteiger partial charge in [-0.1, -0.05) is 0 Å². The number of nitrogens with zero attached hydrogens (tertiary/aromatic N) is 2. The van der Waals surface area contributed by atoms with Crippen molar-refractivity contribution >= 4 is 5.97 Å². The number of aliphatic carboxylic acids is 1. The maximum atomic E-state index is 13.5. The summed E-state index contributed by atoms with van der Waals surface area (Å²) >= 11 is 0. The molecule has 5 heteroatoms. The zero-order chi connectivity index (χ0) is 15.0. The first-order valence-corrected chi connectivity index (χ1v) is 6.88. The first-order valence-electron chi connectivity index (χ1n) is 6.88. The largest absolute Gasteiger partial charge is 0.481 e. The number of hydrogen-bond donors (Lipinski definition) is 1. The van der Waals surface area contributed by atoms with Crippen LogP contribution in [0.3, 0.4) is 0 Å². The van der Waals surface area contributed by atoms with Gasteiger partial charge in [-0.05, 0) is 55.5 Å². The molecule has 2 aromatic rings. The number of hydrogen-bond acceptors (Lipinski definition) is 3. The van der Waals surface area contributed by atoms with Gasteiger partial charge in [0.1, 0.15) is 5.82 Å². The maximum Gasteiger partial charge on any atom is 0.306 e. The van der Waals surface area contributed by atoms with Crippen LogP contribution in [0.2, 0.25) is 0 Å². The molecule has 4 nitrogen and oxygen atoms in total. The molecular weight excluding hydrogens is 271 g/mol. The Morgan fingerprint density at radius 2 is 2.19 bits per heavy atom. The van der Waals surface area contributed by atoms with Crippen molar-refractivity contribution in [2.45, 2.75) is 26.2 Å². The molecule has 0 saturated carbocycles. The Bertz CT molecular complexity index is 695. The van der Waals surface area contributed by atoms with Crippen LogP contribution in [0.15, 0.2) is 24.4 Å². The second-order valence-electron chi connectivity index (χ2n) is 5.46. The lowest BCUT2D eigenvalue weighted by Gasteiger charge is -2.20. The van der Waals surface area contributed by atoms with Crippen LogP contribution >= 0.6 is 0 Å². The van der Waals surface area contributed by atoms with Crippen LogP contribution in [0.1, 0.15) is 23.2 Å². The van der Waals surface area contributed by atoms with Gasteiger partial charge in [-0.25, -0.2) is 14.4 Å². The van der Waals surface area contributed by atoms with Gasteiger partial charge in [0.15, 0.2) is 5.82 Å². The Balaban J connectivity index is 1.95. The number of benzene rings is 1. The third-order valence-corrected chi connectivity index (χ3v) is 3.80. The molecule has 1 N–H and O–H groups in total. The minimum Gasteiger partial charge on any atom is -0.481 e. The van der Waals surface area contributed by atoms with Crippen LogP contribution in [0, 0.1) is 18.7 Å². The molecule has 1 atom stereocenters. The summed E-state index contributed by atoms with van der Waals surface area (Å²) in [4.78, 5) is 19.8. The molecule has 0 radical (unpaired) electrons. The molecule has 1 aromatic carbocycles. The lowest BCUT2D eigenvalue weighted by atomic mass is 9.87. The number of aryl methyl sites for hydroxylation is 2. The number of halogens is 1. The Morgan fingerprint density at radius 3 is 2.90 bits per heavy atom. The van der Waals surface area contributed by atoms with E-state index in [1.54, 1.807) is 6.20 Å². The highest BCUT2D eigenvalue weighted by Crippen LogP contribution is 2.26. The van der Waals surface area contributed by atoms with Crippen LogP contribution < -0.4 is 0 Å². The van der Waals surface area contributed by atoms with Crippen LogP contribution in [-0.2, 0) is 17.6 Å². The summed E-state index contributed by atoms with van der Waals surface area (Å²) in [7, 11) is 0. The Hall–Kier alpha value is -2.30. The fourth-order valence-corrected chi connectivity index (χ4v) is 2.72. The summed E-state index contributed by atoms with van der Waals surface area (Å²) in [5.74, 6) is -0.948. The van der Waals surface area contributed by atoms with E-state index in [1.165, 1.54) is 12.1 Å². The normalized spacial score (nSPS) is 17.3. The molecular formula is C16H15FN2O2. The molecule has 0 bridgehead atoms. The standard InChI is InChI=1S/C16H15FN2O2/c1-9-4-11(7-13(17)5-9)15-18-8-12-6-10(16(20)21)2-3-14(12)19-15/h4-5,7-8,10H,2-3,6H2,1H3,(H,20,21). The smallest absolute Gasteiger partial charge is 0.306 e. The van der Waals surface area contributed by atoms with Gasteiger partial charge in [-0.3, -0.25) is 4.79 Å². The fraction of sp³-hybridized carbons (Fsp3) is 0.312. The van der Waals surface area contributed by atoms with Gasteiger partial charge < -0.3 is 5.11 Å². The summed E-state index contributed by atoms with van der Waals surface area (Å²) < 4.78 is 13.5. The van der Waals surface area contributed by atoms with Gasteiger partial charge in [-0.2, -0.15) is 0 Å². The van der Waals surface area contributed by atoms with Gasteiger partial charge >= 0.3 is 5.97 Å². The minimum atomic E-state index is -0.773. The molecule has 0 spiro atoms. The van der Waals surface area contributed by atoms with Crippen molar-refractivity contribution < 1.29 is 14.3 Å². The van der Waals surface area contributed by atoms with E-state index in [4.69, 9.17) is 5.11 Å². The maximum absolute atomic E-state index is 13.5. The van der Waals surface area contributed by atoms with Crippen molar-refractivity contribution in [3.8, 4) is 11.4 Å². The molecule has 1 aliphatic carbocycles. The number of fused-ring (bicyclic) bond motifs is 1. The number of carboxylic acids is 1. The third kappa shape index (κ3) is 2.77. The lowest BCUT2D eigenvalue weighted by Crippen LogP contribution is -2.23. The molecule has 1 aliphatic rings. The van der Waals surface area contributed by atoms with E-state index in [2.05, 4.69) is 9.97 Å². The van der Waals surface area contributed by atoms with E-state index >= 15 is 0 Å². The molecule has 3 rings (SSSR count). The predicted octanol–water partition coefficient (Wildman–Crippen LogP) is 2.78. The van der Waals surface area contributed by atoms with E-state index in [0.29, 0.717) is 30.7 Å². The number of carboxylic acid groups (broad SMARTS) is 1. The zero-order valence-corrected chi connectivity index (χ0v) is 11.6. The van der Waals surface area contributed by atoms with Gasteiger partial charge in [0.05, 0.1) is 5.92 Å². The van der Waals surface area contributed by atoms with Crippen LogP contribution in [0.5, 0.6) is 0 Å². The number of carbonyl (C=O) groups is 1. The van der Waals surface area contributed by atoms with Crippen molar-refractivity contribution in [1.82, 2.24) is 9.97 Å². The molecule has 0 fully saturated rings. The minimum absolute atomic E-state index is 0.308. The highest BCUT2D eigenvalue weighted by molar-refractivity contribution is 5.71. The molecule has 1 heterocycles. The van der Waals surface area contributed by atoms with E-state index in [0.717, 1.165) is 16.8 Å². The summed E-state index contributed by atoms with van der Waals surface area (Å²) in [5.41, 5.74) is 3.22. The molecule has 0 saturated heterocycles. The molecule has 1 aromatic heterocycles. The summed E-state index contributed by atoms with van der Waals surface area (Å²) in [6.07, 6.45) is 3.34. The van der Waals surface area contributed by atoms with Crippen molar-refractivity contribution in [1.29, 1.82) is 0 Å². The Labute approximate surface area is 121 Å². The average Bonchev–Trinajstić information content (AvgIpc) is 2.45. The van der Waals surface area contributed by atoms with E-state index in [9.17, 15) is 9.18 Å². The highest BCUT2D eigenvalue weighted by Gasteiger charge is 2.25. The number of rotatable bonds is 2. The van der Waals surface area contributed by atoms with Crippen LogP contribution in [0.4, 0.5) is 4.39 Å². The lowest BCUT2D eigenvalue weighted by molar-refractivity contribution is -0.142. The van der Waals surface area contributed by atoms with Crippen molar-refractivity contribution in [3.05, 3.63) is 47.0 Å². The second kappa shape index (κ2) is 5.24. The molecule has 21 heavy (non-hydrogen) atoms. The van der Waals surface area contributed by atoms with Gasteiger partial charge in [0.25, 0.3) is 0 Å². The van der Waals surface area contributed by atoms with Gasteiger partial charge in [0.2, 0.25) is 0 Å². The van der Waals surface area contributed by atoms with E-state index in [-0.39, 0.29) is 11.7 Å². The molecule has 0 aliphatic heterocycles. The summed E-state index contributed by atoms with van der Waals surface area (Å²) in [6, 6.07) is 4.71. The van der Waals surface area contributed by atoms with Crippen molar-refractivity contribution in [3.63, 3.8) is 0 Å². The van der Waals surface area contributed by atoms with Crippen LogP contribution in [0.25, 0.3) is 11.4 Å². The predicted molar refractivity (Wildman–Crippen MR) is 75.3 cm³/mol. The SMILES string of the molecule is Cc1cc(F)cc(-c2ncc3c(n2)CCC(C(=O)O)C3)c1. The second-order valence-corrected chi connectivity index (χ2v) is 5.46. The average molecular weight is 286 g/mol. The monoisotopic (exact) mass is 286 g/mol. The quantitative estimate of drug-likeness (QED) is 0.922. The van der Waals surface area contributed by atoms with E-state index < -0.39 is 5.97 Å². The highest BCUT2D eigenvalue weighted by atomic mass is 19.1. The zero-order valence-electron chi connectivity index (χ0n) is 11.6. The Kier molecular flexibility index (Phi) is 3.41. The first-order chi connectivity index (χ1) is 10.0.